The highest BCUT2D eigenvalue weighted by Crippen LogP contribution is 2.15. The molecule has 1 heterocycles. The molecule has 0 radical (unpaired) electrons. The van der Waals surface area contributed by atoms with E-state index < -0.39 is 0 Å². The maximum atomic E-state index is 11.8. The van der Waals surface area contributed by atoms with Crippen molar-refractivity contribution in [3.05, 3.63) is 0 Å². The Bertz CT molecular complexity index is 224. The Balaban J connectivity index is 2.17. The third-order valence-electron chi connectivity index (χ3n) is 3.10. The fourth-order valence-electron chi connectivity index (χ4n) is 2.16. The number of amides is 1. The Morgan fingerprint density at radius 2 is 1.89 bits per heavy atom. The zero-order chi connectivity index (χ0) is 13.2. The minimum Gasteiger partial charge on any atom is -0.351 e. The fraction of sp³-hybridized carbons (Fsp3) is 0.923. The van der Waals surface area contributed by atoms with Gasteiger partial charge in [0.25, 0.3) is 0 Å². The first kappa shape index (κ1) is 15.4. The highest BCUT2D eigenvalue weighted by Gasteiger charge is 2.17. The molecule has 0 unspecified atom stereocenters. The molecule has 0 aromatic rings. The molecule has 0 aliphatic carbocycles. The summed E-state index contributed by atoms with van der Waals surface area (Å²) in [6.45, 7) is 7.51. The maximum Gasteiger partial charge on any atom is 0.220 e. The molecular weight excluding hydrogens is 232 g/mol. The summed E-state index contributed by atoms with van der Waals surface area (Å²) in [5.41, 5.74) is 0. The molecule has 1 aliphatic rings. The Kier molecular flexibility index (Phi) is 7.96. The molecule has 1 rings (SSSR count). The second-order valence-corrected chi connectivity index (χ2v) is 4.54. The van der Waals surface area contributed by atoms with E-state index in [4.69, 9.17) is 9.47 Å². The van der Waals surface area contributed by atoms with Crippen LogP contribution in [0.2, 0.25) is 0 Å². The quantitative estimate of drug-likeness (QED) is 0.635. The number of piperidine rings is 1. The van der Waals surface area contributed by atoms with Gasteiger partial charge in [0.15, 0.2) is 6.29 Å². The van der Waals surface area contributed by atoms with Crippen LogP contribution >= 0.6 is 0 Å². The van der Waals surface area contributed by atoms with Gasteiger partial charge in [0.1, 0.15) is 0 Å². The first-order chi connectivity index (χ1) is 8.76. The lowest BCUT2D eigenvalue weighted by molar-refractivity contribution is -0.140. The molecule has 0 aromatic heterocycles. The minimum absolute atomic E-state index is 0.103. The van der Waals surface area contributed by atoms with Crippen LogP contribution < -0.4 is 10.6 Å². The van der Waals surface area contributed by atoms with Crippen molar-refractivity contribution < 1.29 is 14.3 Å². The van der Waals surface area contributed by atoms with Crippen LogP contribution in [0.1, 0.15) is 33.1 Å². The van der Waals surface area contributed by atoms with Crippen LogP contribution in [0.25, 0.3) is 0 Å². The Morgan fingerprint density at radius 1 is 1.28 bits per heavy atom. The summed E-state index contributed by atoms with van der Waals surface area (Å²) < 4.78 is 10.8. The van der Waals surface area contributed by atoms with Crippen LogP contribution in [0.4, 0.5) is 0 Å². The van der Waals surface area contributed by atoms with E-state index in [9.17, 15) is 4.79 Å². The van der Waals surface area contributed by atoms with Gasteiger partial charge in [-0.25, -0.2) is 0 Å². The fourth-order valence-corrected chi connectivity index (χ4v) is 2.16. The third-order valence-corrected chi connectivity index (χ3v) is 3.10. The van der Waals surface area contributed by atoms with E-state index in [2.05, 4.69) is 10.6 Å². The minimum atomic E-state index is -0.322. The second-order valence-electron chi connectivity index (χ2n) is 4.54. The highest BCUT2D eigenvalue weighted by atomic mass is 16.7. The monoisotopic (exact) mass is 258 g/mol. The molecule has 0 saturated carbocycles. The first-order valence-electron chi connectivity index (χ1n) is 6.96. The largest absolute Gasteiger partial charge is 0.351 e. The van der Waals surface area contributed by atoms with Crippen molar-refractivity contribution in [3.8, 4) is 0 Å². The average Bonchev–Trinajstić information content (AvgIpc) is 2.38. The van der Waals surface area contributed by atoms with Crippen molar-refractivity contribution in [1.29, 1.82) is 0 Å². The van der Waals surface area contributed by atoms with Crippen molar-refractivity contribution in [1.82, 2.24) is 10.6 Å². The van der Waals surface area contributed by atoms with Gasteiger partial charge in [-0.05, 0) is 45.7 Å². The topological polar surface area (TPSA) is 59.6 Å². The van der Waals surface area contributed by atoms with Gasteiger partial charge in [0.05, 0.1) is 6.54 Å². The summed E-state index contributed by atoms with van der Waals surface area (Å²) >= 11 is 0. The predicted octanol–water partition coefficient (Wildman–Crippen LogP) is 0.891. The van der Waals surface area contributed by atoms with Crippen LogP contribution in [0, 0.1) is 5.92 Å². The average molecular weight is 258 g/mol. The number of nitrogens with one attached hydrogen (secondary N) is 2. The molecule has 0 aromatic carbocycles. The van der Waals surface area contributed by atoms with Gasteiger partial charge in [0, 0.05) is 19.6 Å². The summed E-state index contributed by atoms with van der Waals surface area (Å²) in [5, 5.41) is 6.19. The van der Waals surface area contributed by atoms with Crippen molar-refractivity contribution in [2.75, 3.05) is 32.8 Å². The van der Waals surface area contributed by atoms with E-state index in [1.807, 2.05) is 13.8 Å². The molecule has 5 heteroatoms. The van der Waals surface area contributed by atoms with Crippen LogP contribution in [-0.2, 0) is 14.3 Å². The van der Waals surface area contributed by atoms with E-state index >= 15 is 0 Å². The maximum absolute atomic E-state index is 11.8. The van der Waals surface area contributed by atoms with Gasteiger partial charge in [-0.2, -0.15) is 0 Å². The summed E-state index contributed by atoms with van der Waals surface area (Å²) in [5.74, 6) is 0.621. The smallest absolute Gasteiger partial charge is 0.220 e. The summed E-state index contributed by atoms with van der Waals surface area (Å²) in [6, 6.07) is 0. The summed E-state index contributed by atoms with van der Waals surface area (Å²) in [7, 11) is 0. The Morgan fingerprint density at radius 3 is 2.44 bits per heavy atom. The van der Waals surface area contributed by atoms with Gasteiger partial charge in [-0.15, -0.1) is 0 Å². The normalized spacial score (nSPS) is 17.1. The van der Waals surface area contributed by atoms with Gasteiger partial charge in [-0.3, -0.25) is 4.79 Å². The van der Waals surface area contributed by atoms with E-state index in [0.717, 1.165) is 25.9 Å². The summed E-state index contributed by atoms with van der Waals surface area (Å²) in [4.78, 5) is 11.8. The van der Waals surface area contributed by atoms with Gasteiger partial charge >= 0.3 is 0 Å². The number of ether oxygens (including phenoxy) is 2. The van der Waals surface area contributed by atoms with Gasteiger partial charge < -0.3 is 20.1 Å². The molecule has 1 saturated heterocycles. The standard InChI is InChI=1S/C13H26N2O3/c1-3-17-13(18-4-2)10-15-12(16)9-11-5-7-14-8-6-11/h11,13-14H,3-10H2,1-2H3,(H,15,16). The van der Waals surface area contributed by atoms with E-state index in [-0.39, 0.29) is 12.2 Å². The molecule has 106 valence electrons. The molecule has 0 atom stereocenters. The SMILES string of the molecule is CCOC(CNC(=O)CC1CCNCC1)OCC. The first-order valence-corrected chi connectivity index (χ1v) is 6.96. The van der Waals surface area contributed by atoms with Crippen molar-refractivity contribution in [3.63, 3.8) is 0 Å². The summed E-state index contributed by atoms with van der Waals surface area (Å²) in [6.07, 6.45) is 2.48. The van der Waals surface area contributed by atoms with E-state index in [1.165, 1.54) is 0 Å². The number of carbonyl (C=O) groups excluding carboxylic acids is 1. The third kappa shape index (κ3) is 6.33. The van der Waals surface area contributed by atoms with Crippen LogP contribution in [0.3, 0.4) is 0 Å². The number of rotatable bonds is 8. The Hall–Kier alpha value is -0.650. The predicted molar refractivity (Wildman–Crippen MR) is 70.3 cm³/mol. The van der Waals surface area contributed by atoms with Crippen LogP contribution in [0.15, 0.2) is 0 Å². The molecule has 0 spiro atoms. The lowest BCUT2D eigenvalue weighted by Gasteiger charge is -2.22. The van der Waals surface area contributed by atoms with Crippen molar-refractivity contribution in [2.24, 2.45) is 5.92 Å². The highest BCUT2D eigenvalue weighted by molar-refractivity contribution is 5.76. The zero-order valence-corrected chi connectivity index (χ0v) is 11.5. The molecule has 2 N–H and O–H groups in total. The molecule has 1 aliphatic heterocycles. The number of hydrogen-bond donors (Lipinski definition) is 2. The van der Waals surface area contributed by atoms with Crippen LogP contribution in [0.5, 0.6) is 0 Å². The van der Waals surface area contributed by atoms with Crippen LogP contribution in [-0.4, -0.2) is 45.0 Å². The number of carbonyl (C=O) groups is 1. The molecule has 1 fully saturated rings. The molecule has 18 heavy (non-hydrogen) atoms. The molecule has 5 nitrogen and oxygen atoms in total. The Labute approximate surface area is 110 Å². The number of hydrogen-bond acceptors (Lipinski definition) is 4. The molecular formula is C13H26N2O3. The lowest BCUT2D eigenvalue weighted by Crippen LogP contribution is -2.37. The van der Waals surface area contributed by atoms with E-state index in [1.54, 1.807) is 0 Å². The zero-order valence-electron chi connectivity index (χ0n) is 11.5. The van der Waals surface area contributed by atoms with Crippen molar-refractivity contribution >= 4 is 5.91 Å². The molecule has 1 amide bonds. The van der Waals surface area contributed by atoms with Gasteiger partial charge in [0.2, 0.25) is 5.91 Å². The van der Waals surface area contributed by atoms with Crippen molar-refractivity contribution in [2.45, 2.75) is 39.4 Å². The van der Waals surface area contributed by atoms with Gasteiger partial charge in [-0.1, -0.05) is 0 Å². The lowest BCUT2D eigenvalue weighted by atomic mass is 9.94. The second kappa shape index (κ2) is 9.30. The van der Waals surface area contributed by atoms with E-state index in [0.29, 0.717) is 32.1 Å². The molecule has 0 bridgehead atoms.